The summed E-state index contributed by atoms with van der Waals surface area (Å²) in [5.74, 6) is 0.126. The first-order valence-electron chi connectivity index (χ1n) is 6.75. The number of nitrogens with zero attached hydrogens (tertiary/aromatic N) is 3. The van der Waals surface area contributed by atoms with Gasteiger partial charge in [-0.05, 0) is 37.9 Å². The Morgan fingerprint density at radius 1 is 1.40 bits per heavy atom. The second-order valence-electron chi connectivity index (χ2n) is 5.19. The third-order valence-electron chi connectivity index (χ3n) is 3.34. The van der Waals surface area contributed by atoms with E-state index in [2.05, 4.69) is 27.3 Å². The van der Waals surface area contributed by atoms with Crippen molar-refractivity contribution in [3.8, 4) is 0 Å². The number of rotatable bonds is 5. The molecule has 20 heavy (non-hydrogen) atoms. The monoisotopic (exact) mass is 316 g/mol. The molecule has 0 aromatic carbocycles. The Morgan fingerprint density at radius 2 is 2.10 bits per heavy atom. The Hall–Kier alpha value is -0.910. The number of carbonyl (C=O) groups is 1. The molecule has 1 fully saturated rings. The smallest absolute Gasteiger partial charge is 0.254 e. The Kier molecular flexibility index (Phi) is 5.57. The Bertz CT molecular complexity index is 477. The molecule has 1 aliphatic rings. The van der Waals surface area contributed by atoms with Gasteiger partial charge in [0.05, 0.1) is 5.56 Å². The molecular formula is C13H18Cl2N4O. The lowest BCUT2D eigenvalue weighted by Crippen LogP contribution is -2.34. The van der Waals surface area contributed by atoms with Crippen molar-refractivity contribution in [1.29, 1.82) is 0 Å². The average Bonchev–Trinajstić information content (AvgIpc) is 2.91. The predicted molar refractivity (Wildman–Crippen MR) is 79.2 cm³/mol. The normalized spacial score (nSPS) is 17.1. The predicted octanol–water partition coefficient (Wildman–Crippen LogP) is 2.25. The molecule has 2 rings (SSSR count). The number of aromatic nitrogens is 2. The van der Waals surface area contributed by atoms with E-state index >= 15 is 0 Å². The van der Waals surface area contributed by atoms with Gasteiger partial charge >= 0.3 is 0 Å². The minimum atomic E-state index is -0.264. The van der Waals surface area contributed by atoms with Gasteiger partial charge in [-0.3, -0.25) is 4.79 Å². The average molecular weight is 317 g/mol. The molecule has 0 saturated carbocycles. The van der Waals surface area contributed by atoms with Crippen LogP contribution in [-0.4, -0.2) is 47.2 Å². The summed E-state index contributed by atoms with van der Waals surface area (Å²) in [4.78, 5) is 14.4. The molecule has 0 aliphatic carbocycles. The van der Waals surface area contributed by atoms with Gasteiger partial charge in [-0.2, -0.15) is 0 Å². The molecule has 1 amide bonds. The summed E-state index contributed by atoms with van der Waals surface area (Å²) in [6, 6.07) is 1.43. The van der Waals surface area contributed by atoms with Crippen LogP contribution in [0, 0.1) is 5.92 Å². The highest BCUT2D eigenvalue weighted by atomic mass is 35.5. The molecule has 2 heterocycles. The number of carbonyl (C=O) groups excluding carboxylic acids is 1. The van der Waals surface area contributed by atoms with Crippen LogP contribution in [0.15, 0.2) is 6.07 Å². The minimum absolute atomic E-state index is 0.0686. The lowest BCUT2D eigenvalue weighted by atomic mass is 10.1. The van der Waals surface area contributed by atoms with Crippen molar-refractivity contribution in [3.05, 3.63) is 21.9 Å². The van der Waals surface area contributed by atoms with E-state index in [1.807, 2.05) is 0 Å². The van der Waals surface area contributed by atoms with Gasteiger partial charge < -0.3 is 10.2 Å². The van der Waals surface area contributed by atoms with Gasteiger partial charge in [-0.15, -0.1) is 10.2 Å². The molecule has 1 unspecified atom stereocenters. The van der Waals surface area contributed by atoms with Crippen molar-refractivity contribution in [1.82, 2.24) is 20.4 Å². The third-order valence-corrected chi connectivity index (χ3v) is 3.81. The van der Waals surface area contributed by atoms with E-state index in [9.17, 15) is 4.79 Å². The fourth-order valence-electron chi connectivity index (χ4n) is 2.34. The molecule has 0 spiro atoms. The lowest BCUT2D eigenvalue weighted by Gasteiger charge is -2.20. The van der Waals surface area contributed by atoms with E-state index in [-0.39, 0.29) is 21.8 Å². The Labute approximate surface area is 128 Å². The molecule has 110 valence electrons. The summed E-state index contributed by atoms with van der Waals surface area (Å²) in [5.41, 5.74) is 0.264. The largest absolute Gasteiger partial charge is 0.352 e. The summed E-state index contributed by atoms with van der Waals surface area (Å²) >= 11 is 11.6. The summed E-state index contributed by atoms with van der Waals surface area (Å²) in [5, 5.41) is 10.3. The van der Waals surface area contributed by atoms with Crippen LogP contribution in [0.2, 0.25) is 10.3 Å². The number of amides is 1. The van der Waals surface area contributed by atoms with Crippen LogP contribution in [-0.2, 0) is 0 Å². The molecule has 1 aliphatic heterocycles. The molecule has 1 aromatic heterocycles. The van der Waals surface area contributed by atoms with Gasteiger partial charge in [0.15, 0.2) is 10.3 Å². The highest BCUT2D eigenvalue weighted by molar-refractivity contribution is 6.34. The topological polar surface area (TPSA) is 58.1 Å². The van der Waals surface area contributed by atoms with Crippen LogP contribution in [0.4, 0.5) is 0 Å². The van der Waals surface area contributed by atoms with Crippen molar-refractivity contribution in [3.63, 3.8) is 0 Å². The maximum absolute atomic E-state index is 12.0. The SMILES string of the molecule is CC(CNC(=O)c1cc(Cl)nnc1Cl)CN1CCCC1. The fraction of sp³-hybridized carbons (Fsp3) is 0.615. The van der Waals surface area contributed by atoms with Gasteiger partial charge in [0.1, 0.15) is 0 Å². The van der Waals surface area contributed by atoms with E-state index in [0.717, 1.165) is 19.6 Å². The van der Waals surface area contributed by atoms with E-state index < -0.39 is 0 Å². The van der Waals surface area contributed by atoms with Crippen LogP contribution >= 0.6 is 23.2 Å². The molecule has 1 aromatic rings. The maximum Gasteiger partial charge on any atom is 0.254 e. The quantitative estimate of drug-likeness (QED) is 0.905. The summed E-state index contributed by atoms with van der Waals surface area (Å²) < 4.78 is 0. The lowest BCUT2D eigenvalue weighted by molar-refractivity contribution is 0.0944. The number of halogens is 2. The number of nitrogens with one attached hydrogen (secondary N) is 1. The van der Waals surface area contributed by atoms with E-state index in [0.29, 0.717) is 12.5 Å². The Morgan fingerprint density at radius 3 is 2.80 bits per heavy atom. The molecule has 1 atom stereocenters. The van der Waals surface area contributed by atoms with Crippen LogP contribution in [0.3, 0.4) is 0 Å². The molecule has 0 bridgehead atoms. The van der Waals surface area contributed by atoms with Crippen molar-refractivity contribution >= 4 is 29.1 Å². The second kappa shape index (κ2) is 7.20. The fourth-order valence-corrected chi connectivity index (χ4v) is 2.67. The zero-order chi connectivity index (χ0) is 14.5. The third kappa shape index (κ3) is 4.30. The van der Waals surface area contributed by atoms with E-state index in [4.69, 9.17) is 23.2 Å². The molecule has 1 saturated heterocycles. The summed E-state index contributed by atoms with van der Waals surface area (Å²) in [6.07, 6.45) is 2.55. The number of likely N-dealkylation sites (tertiary alicyclic amines) is 1. The maximum atomic E-state index is 12.0. The molecule has 5 nitrogen and oxygen atoms in total. The van der Waals surface area contributed by atoms with Gasteiger partial charge in [0, 0.05) is 13.1 Å². The van der Waals surface area contributed by atoms with Crippen LogP contribution < -0.4 is 5.32 Å². The van der Waals surface area contributed by atoms with Gasteiger partial charge in [0.25, 0.3) is 5.91 Å². The Balaban J connectivity index is 1.83. The highest BCUT2D eigenvalue weighted by Gasteiger charge is 2.17. The zero-order valence-electron chi connectivity index (χ0n) is 11.4. The van der Waals surface area contributed by atoms with Crippen LogP contribution in [0.5, 0.6) is 0 Å². The minimum Gasteiger partial charge on any atom is -0.352 e. The molecular weight excluding hydrogens is 299 g/mol. The molecule has 7 heteroatoms. The van der Waals surface area contributed by atoms with Crippen LogP contribution in [0.25, 0.3) is 0 Å². The van der Waals surface area contributed by atoms with Gasteiger partial charge in [-0.1, -0.05) is 30.1 Å². The number of hydrogen-bond donors (Lipinski definition) is 1. The number of hydrogen-bond acceptors (Lipinski definition) is 4. The van der Waals surface area contributed by atoms with Gasteiger partial charge in [0.2, 0.25) is 0 Å². The second-order valence-corrected chi connectivity index (χ2v) is 5.94. The highest BCUT2D eigenvalue weighted by Crippen LogP contribution is 2.15. The molecule has 0 radical (unpaired) electrons. The first-order valence-corrected chi connectivity index (χ1v) is 7.51. The summed E-state index contributed by atoms with van der Waals surface area (Å²) in [7, 11) is 0. The van der Waals surface area contributed by atoms with Crippen molar-refractivity contribution in [2.45, 2.75) is 19.8 Å². The summed E-state index contributed by atoms with van der Waals surface area (Å²) in [6.45, 7) is 6.05. The van der Waals surface area contributed by atoms with Crippen molar-refractivity contribution in [2.24, 2.45) is 5.92 Å². The standard InChI is InChI=1S/C13H18Cl2N4O/c1-9(8-19-4-2-3-5-19)7-16-13(20)10-6-11(14)17-18-12(10)15/h6,9H,2-5,7-8H2,1H3,(H,16,20). The zero-order valence-corrected chi connectivity index (χ0v) is 12.9. The first-order chi connectivity index (χ1) is 9.56. The van der Waals surface area contributed by atoms with Crippen molar-refractivity contribution in [2.75, 3.05) is 26.2 Å². The van der Waals surface area contributed by atoms with Gasteiger partial charge in [-0.25, -0.2) is 0 Å². The molecule has 1 N–H and O–H groups in total. The van der Waals surface area contributed by atoms with Crippen molar-refractivity contribution < 1.29 is 4.79 Å². The van der Waals surface area contributed by atoms with E-state index in [1.54, 1.807) is 0 Å². The first kappa shape index (κ1) is 15.5. The van der Waals surface area contributed by atoms with E-state index in [1.165, 1.54) is 18.9 Å². The van der Waals surface area contributed by atoms with Crippen LogP contribution in [0.1, 0.15) is 30.1 Å².